The summed E-state index contributed by atoms with van der Waals surface area (Å²) in [5.74, 6) is 1.57. The summed E-state index contributed by atoms with van der Waals surface area (Å²) in [5, 5.41) is 5.87. The van der Waals surface area contributed by atoms with Crippen molar-refractivity contribution in [3.8, 4) is 5.75 Å². The molecule has 0 aliphatic carbocycles. The minimum Gasteiger partial charge on any atom is -0.494 e. The topological polar surface area (TPSA) is 85.2 Å². The summed E-state index contributed by atoms with van der Waals surface area (Å²) >= 11 is 0. The normalized spacial score (nSPS) is 10.8. The van der Waals surface area contributed by atoms with Crippen molar-refractivity contribution in [3.63, 3.8) is 0 Å². The molecular formula is C24H30N4O3. The molecule has 0 saturated carbocycles. The average Bonchev–Trinajstić information content (AvgIpc) is 3.10. The van der Waals surface area contributed by atoms with Gasteiger partial charge < -0.3 is 19.9 Å². The minimum atomic E-state index is -0.121. The third-order valence-electron chi connectivity index (χ3n) is 4.86. The van der Waals surface area contributed by atoms with Gasteiger partial charge in [-0.15, -0.1) is 0 Å². The first-order valence-electron chi connectivity index (χ1n) is 10.8. The molecule has 0 fully saturated rings. The first kappa shape index (κ1) is 22.3. The first-order valence-corrected chi connectivity index (χ1v) is 10.8. The second-order valence-corrected chi connectivity index (χ2v) is 7.31. The van der Waals surface area contributed by atoms with E-state index in [0.717, 1.165) is 41.1 Å². The Morgan fingerprint density at radius 2 is 1.81 bits per heavy atom. The van der Waals surface area contributed by atoms with Gasteiger partial charge in [0.2, 0.25) is 11.8 Å². The predicted molar refractivity (Wildman–Crippen MR) is 122 cm³/mol. The van der Waals surface area contributed by atoms with Crippen LogP contribution in [0.1, 0.15) is 38.9 Å². The van der Waals surface area contributed by atoms with E-state index in [2.05, 4.69) is 10.6 Å². The number of hydrogen-bond donors (Lipinski definition) is 2. The Labute approximate surface area is 182 Å². The maximum absolute atomic E-state index is 12.7. The third-order valence-corrected chi connectivity index (χ3v) is 4.86. The van der Waals surface area contributed by atoms with Crippen LogP contribution < -0.4 is 15.4 Å². The number of anilines is 1. The Balaban J connectivity index is 1.66. The summed E-state index contributed by atoms with van der Waals surface area (Å²) in [5.41, 5.74) is 2.51. The maximum atomic E-state index is 12.7. The number of para-hydroxylation sites is 2. The molecule has 3 aromatic rings. The van der Waals surface area contributed by atoms with E-state index in [4.69, 9.17) is 9.72 Å². The highest BCUT2D eigenvalue weighted by atomic mass is 16.5. The van der Waals surface area contributed by atoms with E-state index in [0.29, 0.717) is 26.0 Å². The zero-order chi connectivity index (χ0) is 22.1. The maximum Gasteiger partial charge on any atom is 0.244 e. The van der Waals surface area contributed by atoms with Crippen molar-refractivity contribution in [2.45, 2.75) is 46.1 Å². The van der Waals surface area contributed by atoms with Gasteiger partial charge in [-0.25, -0.2) is 4.98 Å². The fourth-order valence-electron chi connectivity index (χ4n) is 3.43. The average molecular weight is 423 g/mol. The molecule has 0 aliphatic rings. The van der Waals surface area contributed by atoms with Crippen LogP contribution in [0.25, 0.3) is 11.0 Å². The van der Waals surface area contributed by atoms with Gasteiger partial charge in [-0.3, -0.25) is 9.59 Å². The van der Waals surface area contributed by atoms with Gasteiger partial charge in [0, 0.05) is 25.1 Å². The number of aryl methyl sites for hydroxylation is 1. The highest BCUT2D eigenvalue weighted by molar-refractivity contribution is 5.91. The van der Waals surface area contributed by atoms with Crippen LogP contribution in [-0.2, 0) is 22.6 Å². The number of fused-ring (bicyclic) bond motifs is 1. The quantitative estimate of drug-likeness (QED) is 0.459. The number of amides is 2. The summed E-state index contributed by atoms with van der Waals surface area (Å²) < 4.78 is 7.39. The predicted octanol–water partition coefficient (Wildman–Crippen LogP) is 3.92. The molecule has 0 bridgehead atoms. The van der Waals surface area contributed by atoms with E-state index in [-0.39, 0.29) is 18.4 Å². The van der Waals surface area contributed by atoms with Crippen LogP contribution in [0.5, 0.6) is 5.75 Å². The molecule has 0 spiro atoms. The number of nitrogens with zero attached hydrogens (tertiary/aromatic N) is 2. The minimum absolute atomic E-state index is 0.0748. The highest BCUT2D eigenvalue weighted by Gasteiger charge is 2.14. The van der Waals surface area contributed by atoms with Gasteiger partial charge in [-0.1, -0.05) is 19.1 Å². The fraction of sp³-hybridized carbons (Fsp3) is 0.375. The smallest absolute Gasteiger partial charge is 0.244 e. The molecule has 31 heavy (non-hydrogen) atoms. The largest absolute Gasteiger partial charge is 0.494 e. The van der Waals surface area contributed by atoms with Crippen molar-refractivity contribution in [2.75, 3.05) is 18.5 Å². The molecule has 2 N–H and O–H groups in total. The van der Waals surface area contributed by atoms with Crippen molar-refractivity contribution in [1.82, 2.24) is 14.9 Å². The molecule has 1 aromatic heterocycles. The zero-order valence-corrected chi connectivity index (χ0v) is 18.2. The summed E-state index contributed by atoms with van der Waals surface area (Å²) in [4.78, 5) is 29.1. The monoisotopic (exact) mass is 422 g/mol. The highest BCUT2D eigenvalue weighted by Crippen LogP contribution is 2.19. The standard InChI is InChI=1S/C24H30N4O3/c1-3-8-23(29)25-16-7-11-22-27-20-9-5-6-10-21(20)28(22)17-24(30)26-18-12-14-19(15-13-18)31-4-2/h5-6,9-10,12-15H,3-4,7-8,11,16-17H2,1-2H3,(H,25,29)(H,26,30). The second kappa shape index (κ2) is 11.2. The van der Waals surface area contributed by atoms with Crippen LogP contribution in [0, 0.1) is 0 Å². The SMILES string of the molecule is CCCC(=O)NCCCc1nc2ccccc2n1CC(=O)Nc1ccc(OCC)cc1. The van der Waals surface area contributed by atoms with Crippen LogP contribution in [0.4, 0.5) is 5.69 Å². The van der Waals surface area contributed by atoms with Crippen molar-refractivity contribution >= 4 is 28.5 Å². The number of imidazole rings is 1. The van der Waals surface area contributed by atoms with Gasteiger partial charge in [-0.05, 0) is 56.2 Å². The number of benzene rings is 2. The van der Waals surface area contributed by atoms with Gasteiger partial charge >= 0.3 is 0 Å². The van der Waals surface area contributed by atoms with Crippen molar-refractivity contribution in [2.24, 2.45) is 0 Å². The number of carbonyl (C=O) groups excluding carboxylic acids is 2. The number of nitrogens with one attached hydrogen (secondary N) is 2. The third kappa shape index (κ3) is 6.31. The lowest BCUT2D eigenvalue weighted by molar-refractivity contribution is -0.121. The molecule has 2 amide bonds. The van der Waals surface area contributed by atoms with Gasteiger partial charge in [0.25, 0.3) is 0 Å². The van der Waals surface area contributed by atoms with Crippen LogP contribution in [0.3, 0.4) is 0 Å². The molecule has 3 rings (SSSR count). The number of carbonyl (C=O) groups is 2. The van der Waals surface area contributed by atoms with E-state index in [1.165, 1.54) is 0 Å². The first-order chi connectivity index (χ1) is 15.1. The van der Waals surface area contributed by atoms with Crippen molar-refractivity contribution < 1.29 is 14.3 Å². The molecule has 1 heterocycles. The lowest BCUT2D eigenvalue weighted by Crippen LogP contribution is -2.25. The van der Waals surface area contributed by atoms with E-state index >= 15 is 0 Å². The second-order valence-electron chi connectivity index (χ2n) is 7.31. The molecule has 0 saturated heterocycles. The van der Waals surface area contributed by atoms with Gasteiger partial charge in [-0.2, -0.15) is 0 Å². The van der Waals surface area contributed by atoms with E-state index in [1.807, 2.05) is 66.9 Å². The van der Waals surface area contributed by atoms with Crippen LogP contribution in [-0.4, -0.2) is 34.5 Å². The van der Waals surface area contributed by atoms with Crippen molar-refractivity contribution in [3.05, 3.63) is 54.4 Å². The summed E-state index contributed by atoms with van der Waals surface area (Å²) in [7, 11) is 0. The molecular weight excluding hydrogens is 392 g/mol. The summed E-state index contributed by atoms with van der Waals surface area (Å²) in [6.45, 7) is 5.29. The number of aromatic nitrogens is 2. The van der Waals surface area contributed by atoms with Crippen LogP contribution in [0.2, 0.25) is 0 Å². The fourth-order valence-corrected chi connectivity index (χ4v) is 3.43. The van der Waals surface area contributed by atoms with Gasteiger partial charge in [0.05, 0.1) is 17.6 Å². The molecule has 164 valence electrons. The Bertz CT molecular complexity index is 1010. The molecule has 0 radical (unpaired) electrons. The van der Waals surface area contributed by atoms with Crippen LogP contribution in [0.15, 0.2) is 48.5 Å². The van der Waals surface area contributed by atoms with Gasteiger partial charge in [0.1, 0.15) is 18.1 Å². The molecule has 7 heteroatoms. The summed E-state index contributed by atoms with van der Waals surface area (Å²) in [6, 6.07) is 15.1. The number of rotatable bonds is 11. The van der Waals surface area contributed by atoms with E-state index in [1.54, 1.807) is 0 Å². The Morgan fingerprint density at radius 3 is 2.55 bits per heavy atom. The number of hydrogen-bond acceptors (Lipinski definition) is 4. The number of ether oxygens (including phenoxy) is 1. The Kier molecular flexibility index (Phi) is 8.04. The van der Waals surface area contributed by atoms with Crippen molar-refractivity contribution in [1.29, 1.82) is 0 Å². The Hall–Kier alpha value is -3.35. The molecule has 2 aromatic carbocycles. The lowest BCUT2D eigenvalue weighted by atomic mass is 10.2. The molecule has 0 atom stereocenters. The summed E-state index contributed by atoms with van der Waals surface area (Å²) in [6.07, 6.45) is 2.83. The van der Waals surface area contributed by atoms with Gasteiger partial charge in [0.15, 0.2) is 0 Å². The molecule has 0 aliphatic heterocycles. The van der Waals surface area contributed by atoms with E-state index < -0.39 is 0 Å². The zero-order valence-electron chi connectivity index (χ0n) is 18.2. The van der Waals surface area contributed by atoms with Crippen LogP contribution >= 0.6 is 0 Å². The lowest BCUT2D eigenvalue weighted by Gasteiger charge is -2.11. The molecule has 0 unspecified atom stereocenters. The molecule has 7 nitrogen and oxygen atoms in total. The van der Waals surface area contributed by atoms with E-state index in [9.17, 15) is 9.59 Å². The Morgan fingerprint density at radius 1 is 1.03 bits per heavy atom.